The summed E-state index contributed by atoms with van der Waals surface area (Å²) in [5.41, 5.74) is 4.80. The van der Waals surface area contributed by atoms with Crippen LogP contribution in [0.15, 0.2) is 42.9 Å². The fourth-order valence-corrected chi connectivity index (χ4v) is 4.99. The highest BCUT2D eigenvalue weighted by Gasteiger charge is 2.31. The Kier molecular flexibility index (Phi) is 5.15. The Morgan fingerprint density at radius 2 is 1.88 bits per heavy atom. The molecule has 3 aromatic heterocycles. The SMILES string of the molecule is Cc1c(C(=O)N2CCC(c3nc4cnccn4c3NC(C)(C)C)CC2)c2ccccc2n1C. The number of nitrogens with zero attached hydrogens (tertiary/aromatic N) is 5. The number of amides is 1. The van der Waals surface area contributed by atoms with Gasteiger partial charge in [-0.25, -0.2) is 4.98 Å². The summed E-state index contributed by atoms with van der Waals surface area (Å²) in [4.78, 5) is 24.8. The van der Waals surface area contributed by atoms with Crippen LogP contribution in [-0.4, -0.2) is 48.4 Å². The maximum Gasteiger partial charge on any atom is 0.256 e. The van der Waals surface area contributed by atoms with Gasteiger partial charge in [-0.3, -0.25) is 14.2 Å². The zero-order valence-corrected chi connectivity index (χ0v) is 20.1. The van der Waals surface area contributed by atoms with E-state index >= 15 is 0 Å². The number of nitrogens with one attached hydrogen (secondary N) is 1. The van der Waals surface area contributed by atoms with Gasteiger partial charge < -0.3 is 14.8 Å². The normalized spacial score (nSPS) is 15.5. The summed E-state index contributed by atoms with van der Waals surface area (Å²) in [6.07, 6.45) is 7.35. The van der Waals surface area contributed by atoms with E-state index in [0.29, 0.717) is 5.92 Å². The summed E-state index contributed by atoms with van der Waals surface area (Å²) in [5.74, 6) is 1.47. The highest BCUT2D eigenvalue weighted by atomic mass is 16.2. The molecule has 0 atom stereocenters. The average Bonchev–Trinajstić information content (AvgIpc) is 3.28. The third-order valence-corrected chi connectivity index (χ3v) is 6.73. The number of carbonyl (C=O) groups is 1. The molecular formula is C26H32N6O. The zero-order valence-electron chi connectivity index (χ0n) is 20.1. The molecule has 172 valence electrons. The van der Waals surface area contributed by atoms with E-state index in [9.17, 15) is 4.79 Å². The molecule has 1 aliphatic rings. The van der Waals surface area contributed by atoms with Crippen LogP contribution in [0.1, 0.15) is 61.3 Å². The highest BCUT2D eigenvalue weighted by molar-refractivity contribution is 6.08. The lowest BCUT2D eigenvalue weighted by atomic mass is 9.92. The molecule has 0 saturated carbocycles. The van der Waals surface area contributed by atoms with Crippen molar-refractivity contribution in [1.29, 1.82) is 0 Å². The third-order valence-electron chi connectivity index (χ3n) is 6.73. The van der Waals surface area contributed by atoms with Gasteiger partial charge in [-0.1, -0.05) is 18.2 Å². The summed E-state index contributed by atoms with van der Waals surface area (Å²) < 4.78 is 4.20. The minimum absolute atomic E-state index is 0.0868. The van der Waals surface area contributed by atoms with Crippen LogP contribution in [0.25, 0.3) is 16.6 Å². The molecule has 0 bridgehead atoms. The van der Waals surface area contributed by atoms with Gasteiger partial charge in [-0.05, 0) is 46.6 Å². The number of hydrogen-bond donors (Lipinski definition) is 1. The van der Waals surface area contributed by atoms with Crippen LogP contribution in [0.4, 0.5) is 5.82 Å². The number of aryl methyl sites for hydroxylation is 1. The number of piperidine rings is 1. The molecule has 1 amide bonds. The summed E-state index contributed by atoms with van der Waals surface area (Å²) in [5, 5.41) is 4.69. The van der Waals surface area contributed by atoms with E-state index in [-0.39, 0.29) is 11.4 Å². The Morgan fingerprint density at radius 3 is 2.61 bits per heavy atom. The number of fused-ring (bicyclic) bond motifs is 2. The Morgan fingerprint density at radius 1 is 1.15 bits per heavy atom. The number of anilines is 1. The van der Waals surface area contributed by atoms with Gasteiger partial charge in [0.25, 0.3) is 5.91 Å². The Labute approximate surface area is 194 Å². The molecule has 1 saturated heterocycles. The number of imidazole rings is 1. The minimum atomic E-state index is -0.0868. The summed E-state index contributed by atoms with van der Waals surface area (Å²) >= 11 is 0. The van der Waals surface area contributed by atoms with Crippen LogP contribution in [0, 0.1) is 6.92 Å². The first-order valence-electron chi connectivity index (χ1n) is 11.7. The fourth-order valence-electron chi connectivity index (χ4n) is 4.99. The van der Waals surface area contributed by atoms with Crippen molar-refractivity contribution >= 4 is 28.3 Å². The monoisotopic (exact) mass is 444 g/mol. The number of aromatic nitrogens is 4. The predicted molar refractivity (Wildman–Crippen MR) is 132 cm³/mol. The van der Waals surface area contributed by atoms with Crippen molar-refractivity contribution in [2.24, 2.45) is 7.05 Å². The summed E-state index contributed by atoms with van der Waals surface area (Å²) in [6.45, 7) is 9.97. The van der Waals surface area contributed by atoms with Gasteiger partial charge in [-0.2, -0.15) is 0 Å². The van der Waals surface area contributed by atoms with Crippen molar-refractivity contribution < 1.29 is 4.79 Å². The maximum atomic E-state index is 13.6. The molecule has 1 aromatic carbocycles. The van der Waals surface area contributed by atoms with Crippen LogP contribution >= 0.6 is 0 Å². The van der Waals surface area contributed by atoms with Gasteiger partial charge in [-0.15, -0.1) is 0 Å². The molecule has 4 aromatic rings. The van der Waals surface area contributed by atoms with Crippen molar-refractivity contribution in [3.8, 4) is 0 Å². The molecule has 0 unspecified atom stereocenters. The Bertz CT molecular complexity index is 1330. The number of para-hydroxylation sites is 1. The molecule has 1 fully saturated rings. The van der Waals surface area contributed by atoms with E-state index in [4.69, 9.17) is 4.98 Å². The van der Waals surface area contributed by atoms with E-state index in [1.807, 2.05) is 37.2 Å². The Balaban J connectivity index is 1.40. The first kappa shape index (κ1) is 21.5. The minimum Gasteiger partial charge on any atom is -0.365 e. The second kappa shape index (κ2) is 7.90. The van der Waals surface area contributed by atoms with Crippen molar-refractivity contribution in [3.05, 3.63) is 59.8 Å². The van der Waals surface area contributed by atoms with E-state index in [2.05, 4.69) is 52.2 Å². The lowest BCUT2D eigenvalue weighted by Crippen LogP contribution is -2.38. The van der Waals surface area contributed by atoms with Gasteiger partial charge >= 0.3 is 0 Å². The van der Waals surface area contributed by atoms with Gasteiger partial charge in [0.1, 0.15) is 5.82 Å². The van der Waals surface area contributed by atoms with Crippen molar-refractivity contribution in [2.75, 3.05) is 18.4 Å². The molecule has 33 heavy (non-hydrogen) atoms. The number of carbonyl (C=O) groups excluding carboxylic acids is 1. The zero-order chi connectivity index (χ0) is 23.3. The van der Waals surface area contributed by atoms with Crippen LogP contribution in [0.5, 0.6) is 0 Å². The summed E-state index contributed by atoms with van der Waals surface area (Å²) in [7, 11) is 2.03. The predicted octanol–water partition coefficient (Wildman–Crippen LogP) is 4.76. The first-order valence-corrected chi connectivity index (χ1v) is 11.7. The van der Waals surface area contributed by atoms with Gasteiger partial charge in [0.2, 0.25) is 0 Å². The Hall–Kier alpha value is -3.35. The van der Waals surface area contributed by atoms with Gasteiger partial charge in [0, 0.05) is 60.6 Å². The van der Waals surface area contributed by atoms with Gasteiger partial charge in [0.05, 0.1) is 17.5 Å². The third kappa shape index (κ3) is 3.75. The number of likely N-dealkylation sites (tertiary alicyclic amines) is 1. The average molecular weight is 445 g/mol. The quantitative estimate of drug-likeness (QED) is 0.495. The molecule has 0 spiro atoms. The first-order chi connectivity index (χ1) is 15.7. The van der Waals surface area contributed by atoms with E-state index in [0.717, 1.165) is 65.3 Å². The highest BCUT2D eigenvalue weighted by Crippen LogP contribution is 2.35. The standard InChI is InChI=1S/C26H32N6O/c1-17-22(19-8-6-7-9-20(19)30(17)5)25(33)31-13-10-18(11-14-31)23-24(29-26(2,3)4)32-15-12-27-16-21(32)28-23/h6-9,12,15-16,18,29H,10-11,13-14H2,1-5H3. The molecule has 0 aliphatic carbocycles. The fraction of sp³-hybridized carbons (Fsp3) is 0.423. The topological polar surface area (TPSA) is 67.5 Å². The maximum absolute atomic E-state index is 13.6. The smallest absolute Gasteiger partial charge is 0.256 e. The lowest BCUT2D eigenvalue weighted by Gasteiger charge is -2.32. The number of hydrogen-bond acceptors (Lipinski definition) is 4. The van der Waals surface area contributed by atoms with Crippen molar-refractivity contribution in [3.63, 3.8) is 0 Å². The molecular weight excluding hydrogens is 412 g/mol. The molecule has 7 nitrogen and oxygen atoms in total. The molecule has 0 radical (unpaired) electrons. The van der Waals surface area contributed by atoms with E-state index in [1.165, 1.54) is 0 Å². The summed E-state index contributed by atoms with van der Waals surface area (Å²) in [6, 6.07) is 8.16. The lowest BCUT2D eigenvalue weighted by molar-refractivity contribution is 0.0713. The second-order valence-corrected chi connectivity index (χ2v) is 10.1. The molecule has 5 rings (SSSR count). The van der Waals surface area contributed by atoms with Crippen molar-refractivity contribution in [2.45, 2.75) is 52.0 Å². The molecule has 4 heterocycles. The van der Waals surface area contributed by atoms with Gasteiger partial charge in [0.15, 0.2) is 5.65 Å². The molecule has 1 aliphatic heterocycles. The van der Waals surface area contributed by atoms with Crippen LogP contribution in [0.2, 0.25) is 0 Å². The van der Waals surface area contributed by atoms with Crippen LogP contribution < -0.4 is 5.32 Å². The van der Waals surface area contributed by atoms with Crippen LogP contribution in [-0.2, 0) is 7.05 Å². The molecule has 1 N–H and O–H groups in total. The van der Waals surface area contributed by atoms with Crippen molar-refractivity contribution in [1.82, 2.24) is 23.8 Å². The number of benzene rings is 1. The van der Waals surface area contributed by atoms with E-state index < -0.39 is 0 Å². The van der Waals surface area contributed by atoms with E-state index in [1.54, 1.807) is 12.4 Å². The molecule has 7 heteroatoms. The number of rotatable bonds is 3. The van der Waals surface area contributed by atoms with Crippen LogP contribution in [0.3, 0.4) is 0 Å². The second-order valence-electron chi connectivity index (χ2n) is 10.1. The largest absolute Gasteiger partial charge is 0.365 e.